The van der Waals surface area contributed by atoms with E-state index in [1.54, 1.807) is 12.1 Å². The third-order valence-corrected chi connectivity index (χ3v) is 4.80. The van der Waals surface area contributed by atoms with E-state index in [2.05, 4.69) is 15.0 Å². The van der Waals surface area contributed by atoms with E-state index in [0.717, 1.165) is 41.6 Å². The molecule has 2 aromatic carbocycles. The minimum absolute atomic E-state index is 0.425. The van der Waals surface area contributed by atoms with Gasteiger partial charge < -0.3 is 9.88 Å². The molecule has 0 bridgehead atoms. The average Bonchev–Trinajstić information content (AvgIpc) is 3.19. The highest BCUT2D eigenvalue weighted by molar-refractivity contribution is 6.11. The van der Waals surface area contributed by atoms with Crippen molar-refractivity contribution in [3.05, 3.63) is 59.9 Å². The molecule has 4 aromatic rings. The van der Waals surface area contributed by atoms with E-state index < -0.39 is 23.3 Å². The zero-order chi connectivity index (χ0) is 20.1. The zero-order valence-electron chi connectivity index (χ0n) is 15.2. The van der Waals surface area contributed by atoms with E-state index in [-0.39, 0.29) is 0 Å². The number of halogens is 3. The molecule has 1 N–H and O–H groups in total. The van der Waals surface area contributed by atoms with Crippen LogP contribution in [0.4, 0.5) is 18.9 Å². The number of alkyl halides is 3. The number of hydrogen-bond donors (Lipinski definition) is 1. The second-order valence-electron chi connectivity index (χ2n) is 6.48. The van der Waals surface area contributed by atoms with Crippen LogP contribution < -0.4 is 5.32 Å². The Morgan fingerprint density at radius 2 is 1.82 bits per heavy atom. The highest BCUT2D eigenvalue weighted by atomic mass is 19.4. The van der Waals surface area contributed by atoms with Gasteiger partial charge in [0.25, 0.3) is 5.91 Å². The maximum absolute atomic E-state index is 13.2. The molecule has 0 aliphatic rings. The molecular formula is C20H17F3N4O. The smallest absolute Gasteiger partial charge is 0.341 e. The summed E-state index contributed by atoms with van der Waals surface area (Å²) in [6.07, 6.45) is -3.74. The minimum atomic E-state index is -4.67. The second kappa shape index (κ2) is 6.40. The predicted octanol–water partition coefficient (Wildman–Crippen LogP) is 4.82. The van der Waals surface area contributed by atoms with Crippen LogP contribution in [-0.2, 0) is 19.8 Å². The number of nitrogens with zero attached hydrogens (tertiary/aromatic N) is 3. The second-order valence-corrected chi connectivity index (χ2v) is 6.48. The Morgan fingerprint density at radius 3 is 2.54 bits per heavy atom. The number of benzene rings is 2. The van der Waals surface area contributed by atoms with Gasteiger partial charge in [0.1, 0.15) is 0 Å². The minimum Gasteiger partial charge on any atom is -0.341 e. The van der Waals surface area contributed by atoms with Crippen LogP contribution in [0.1, 0.15) is 23.0 Å². The molecule has 0 spiro atoms. The molecule has 5 nitrogen and oxygen atoms in total. The van der Waals surface area contributed by atoms with Crippen molar-refractivity contribution < 1.29 is 18.0 Å². The summed E-state index contributed by atoms with van der Waals surface area (Å²) in [4.78, 5) is 12.5. The standard InChI is InChI=1S/C20H17F3N4O/c1-3-27-16-7-5-4-6-13(16)14-10-12(8-9-17(14)27)25-19(28)15-11-24-26(2)18(15)20(21,22)23/h4-11H,3H2,1-2H3,(H,25,28). The fourth-order valence-corrected chi connectivity index (χ4v) is 3.61. The number of carbonyl (C=O) groups is 1. The summed E-state index contributed by atoms with van der Waals surface area (Å²) in [5.74, 6) is -0.848. The van der Waals surface area contributed by atoms with Gasteiger partial charge in [-0.2, -0.15) is 18.3 Å². The van der Waals surface area contributed by atoms with Crippen LogP contribution in [0.5, 0.6) is 0 Å². The molecular weight excluding hydrogens is 369 g/mol. The lowest BCUT2D eigenvalue weighted by molar-refractivity contribution is -0.144. The molecule has 28 heavy (non-hydrogen) atoms. The molecule has 0 aliphatic heterocycles. The molecule has 1 amide bonds. The van der Waals surface area contributed by atoms with Gasteiger partial charge in [0.05, 0.1) is 11.8 Å². The molecule has 2 heterocycles. The molecule has 0 atom stereocenters. The molecule has 0 radical (unpaired) electrons. The number of anilines is 1. The predicted molar refractivity (Wildman–Crippen MR) is 101 cm³/mol. The van der Waals surface area contributed by atoms with Crippen molar-refractivity contribution >= 4 is 33.4 Å². The quantitative estimate of drug-likeness (QED) is 0.549. The molecule has 0 saturated heterocycles. The first-order valence-electron chi connectivity index (χ1n) is 8.72. The number of carbonyl (C=O) groups excluding carboxylic acids is 1. The number of para-hydroxylation sites is 1. The highest BCUT2D eigenvalue weighted by Gasteiger charge is 2.39. The highest BCUT2D eigenvalue weighted by Crippen LogP contribution is 2.33. The average molecular weight is 386 g/mol. The van der Waals surface area contributed by atoms with Crippen LogP contribution in [0.25, 0.3) is 21.8 Å². The molecule has 0 aliphatic carbocycles. The molecule has 2 aromatic heterocycles. The van der Waals surface area contributed by atoms with Gasteiger partial charge in [0, 0.05) is 41.1 Å². The van der Waals surface area contributed by atoms with Crippen LogP contribution in [0.3, 0.4) is 0 Å². The van der Waals surface area contributed by atoms with Gasteiger partial charge in [-0.25, -0.2) is 0 Å². The van der Waals surface area contributed by atoms with Gasteiger partial charge in [0.15, 0.2) is 5.69 Å². The fraction of sp³-hybridized carbons (Fsp3) is 0.200. The molecule has 0 saturated carbocycles. The van der Waals surface area contributed by atoms with Crippen LogP contribution in [0, 0.1) is 0 Å². The zero-order valence-corrected chi connectivity index (χ0v) is 15.2. The normalized spacial score (nSPS) is 12.0. The maximum Gasteiger partial charge on any atom is 0.433 e. The van der Waals surface area contributed by atoms with Crippen molar-refractivity contribution in [3.63, 3.8) is 0 Å². The van der Waals surface area contributed by atoms with Crippen LogP contribution >= 0.6 is 0 Å². The van der Waals surface area contributed by atoms with Crippen LogP contribution in [-0.4, -0.2) is 20.3 Å². The van der Waals surface area contributed by atoms with Gasteiger partial charge in [-0.1, -0.05) is 18.2 Å². The molecule has 0 unspecified atom stereocenters. The van der Waals surface area contributed by atoms with Gasteiger partial charge in [0.2, 0.25) is 0 Å². The van der Waals surface area contributed by atoms with E-state index in [4.69, 9.17) is 0 Å². The van der Waals surface area contributed by atoms with E-state index in [1.165, 1.54) is 0 Å². The number of nitrogens with one attached hydrogen (secondary N) is 1. The van der Waals surface area contributed by atoms with E-state index >= 15 is 0 Å². The number of aromatic nitrogens is 3. The summed E-state index contributed by atoms with van der Waals surface area (Å²) in [6.45, 7) is 2.82. The maximum atomic E-state index is 13.2. The third-order valence-electron chi connectivity index (χ3n) is 4.80. The number of hydrogen-bond acceptors (Lipinski definition) is 2. The van der Waals surface area contributed by atoms with Gasteiger partial charge in [-0.15, -0.1) is 0 Å². The Balaban J connectivity index is 1.75. The number of rotatable bonds is 3. The first-order chi connectivity index (χ1) is 13.3. The topological polar surface area (TPSA) is 51.9 Å². The first-order valence-corrected chi connectivity index (χ1v) is 8.72. The van der Waals surface area contributed by atoms with Gasteiger partial charge in [-0.3, -0.25) is 9.48 Å². The number of fused-ring (bicyclic) bond motifs is 3. The molecule has 144 valence electrons. The third kappa shape index (κ3) is 2.81. The Labute approximate surface area is 158 Å². The summed E-state index contributed by atoms with van der Waals surface area (Å²) in [5.41, 5.74) is 0.905. The largest absolute Gasteiger partial charge is 0.433 e. The van der Waals surface area contributed by atoms with Crippen molar-refractivity contribution in [3.8, 4) is 0 Å². The summed E-state index contributed by atoms with van der Waals surface area (Å²) >= 11 is 0. The first kappa shape index (κ1) is 18.1. The Morgan fingerprint density at radius 1 is 1.11 bits per heavy atom. The fourth-order valence-electron chi connectivity index (χ4n) is 3.61. The van der Waals surface area contributed by atoms with Crippen molar-refractivity contribution in [2.24, 2.45) is 7.05 Å². The Bertz CT molecular complexity index is 1200. The Kier molecular flexibility index (Phi) is 4.14. The van der Waals surface area contributed by atoms with Crippen molar-refractivity contribution in [1.29, 1.82) is 0 Å². The Hall–Kier alpha value is -3.29. The van der Waals surface area contributed by atoms with E-state index in [9.17, 15) is 18.0 Å². The lowest BCUT2D eigenvalue weighted by Crippen LogP contribution is -2.20. The van der Waals surface area contributed by atoms with E-state index in [1.807, 2.05) is 37.3 Å². The van der Waals surface area contributed by atoms with Crippen LogP contribution in [0.2, 0.25) is 0 Å². The SMILES string of the molecule is CCn1c2ccccc2c2cc(NC(=O)c3cnn(C)c3C(F)(F)F)ccc21. The summed E-state index contributed by atoms with van der Waals surface area (Å²) in [6, 6.07) is 13.2. The summed E-state index contributed by atoms with van der Waals surface area (Å²) in [7, 11) is 1.16. The monoisotopic (exact) mass is 386 g/mol. The number of amides is 1. The van der Waals surface area contributed by atoms with E-state index in [0.29, 0.717) is 10.4 Å². The summed E-state index contributed by atoms with van der Waals surface area (Å²) < 4.78 is 42.5. The van der Waals surface area contributed by atoms with Gasteiger partial charge >= 0.3 is 6.18 Å². The summed E-state index contributed by atoms with van der Waals surface area (Å²) in [5, 5.41) is 8.10. The van der Waals surface area contributed by atoms with Crippen molar-refractivity contribution in [2.45, 2.75) is 19.6 Å². The molecule has 0 fully saturated rings. The van der Waals surface area contributed by atoms with Crippen molar-refractivity contribution in [1.82, 2.24) is 14.3 Å². The molecule has 8 heteroatoms. The van der Waals surface area contributed by atoms with Crippen molar-refractivity contribution in [2.75, 3.05) is 5.32 Å². The van der Waals surface area contributed by atoms with Crippen LogP contribution in [0.15, 0.2) is 48.7 Å². The molecule has 4 rings (SSSR count). The number of aryl methyl sites for hydroxylation is 2. The lowest BCUT2D eigenvalue weighted by atomic mass is 10.1. The lowest BCUT2D eigenvalue weighted by Gasteiger charge is -2.10. The van der Waals surface area contributed by atoms with Gasteiger partial charge in [-0.05, 0) is 31.2 Å².